The quantitative estimate of drug-likeness (QED) is 0.746. The molecule has 8 heteroatoms. The molecular weight excluding hydrogens is 394 g/mol. The highest BCUT2D eigenvalue weighted by Crippen LogP contribution is 2.27. The molecule has 6 nitrogen and oxygen atoms in total. The molecule has 0 unspecified atom stereocenters. The summed E-state index contributed by atoms with van der Waals surface area (Å²) in [6.45, 7) is 1.37. The summed E-state index contributed by atoms with van der Waals surface area (Å²) in [5.41, 5.74) is 1.04. The summed E-state index contributed by atoms with van der Waals surface area (Å²) in [4.78, 5) is 15.0. The summed E-state index contributed by atoms with van der Waals surface area (Å²) >= 11 is 1.21. The standard InChI is InChI=1S/C20H27N3O3S2/c1-22(2)15-18(16-8-4-3-5-9-16)21-20(24)17-10-6-12-23(14-17)28(25,26)19-11-7-13-27-19/h3-5,7-9,11,13,17-18H,6,10,12,14-15H2,1-2H3,(H,21,24)/t17-,18+/m1/s1. The fourth-order valence-corrected chi connectivity index (χ4v) is 6.16. The number of sulfonamides is 1. The summed E-state index contributed by atoms with van der Waals surface area (Å²) < 4.78 is 27.4. The van der Waals surface area contributed by atoms with Crippen molar-refractivity contribution in [3.8, 4) is 0 Å². The first-order valence-electron chi connectivity index (χ1n) is 9.41. The molecule has 1 saturated heterocycles. The lowest BCUT2D eigenvalue weighted by Crippen LogP contribution is -2.46. The number of piperidine rings is 1. The zero-order valence-electron chi connectivity index (χ0n) is 16.2. The minimum atomic E-state index is -3.52. The van der Waals surface area contributed by atoms with E-state index in [-0.39, 0.29) is 24.4 Å². The Balaban J connectivity index is 1.70. The monoisotopic (exact) mass is 421 g/mol. The number of nitrogens with zero attached hydrogens (tertiary/aromatic N) is 2. The summed E-state index contributed by atoms with van der Waals surface area (Å²) in [7, 11) is 0.419. The molecule has 3 rings (SSSR count). The highest BCUT2D eigenvalue weighted by molar-refractivity contribution is 7.91. The maximum Gasteiger partial charge on any atom is 0.252 e. The van der Waals surface area contributed by atoms with Crippen molar-refractivity contribution in [2.24, 2.45) is 5.92 Å². The van der Waals surface area contributed by atoms with Crippen molar-refractivity contribution in [1.29, 1.82) is 0 Å². The molecule has 0 spiro atoms. The maximum absolute atomic E-state index is 13.0. The number of likely N-dealkylation sites (N-methyl/N-ethyl adjacent to an activating group) is 1. The second kappa shape index (κ2) is 9.17. The first-order valence-corrected chi connectivity index (χ1v) is 11.7. The average Bonchev–Trinajstić information content (AvgIpc) is 3.23. The molecule has 1 aromatic heterocycles. The van der Waals surface area contributed by atoms with Crippen molar-refractivity contribution < 1.29 is 13.2 Å². The van der Waals surface area contributed by atoms with Gasteiger partial charge in [0.05, 0.1) is 12.0 Å². The Morgan fingerprint density at radius 3 is 2.64 bits per heavy atom. The Bertz CT molecular complexity index is 867. The molecule has 0 radical (unpaired) electrons. The van der Waals surface area contributed by atoms with E-state index in [4.69, 9.17) is 0 Å². The molecule has 1 N–H and O–H groups in total. The second-order valence-corrected chi connectivity index (χ2v) is 10.5. The van der Waals surface area contributed by atoms with E-state index in [0.29, 0.717) is 30.1 Å². The predicted molar refractivity (Wildman–Crippen MR) is 112 cm³/mol. The maximum atomic E-state index is 13.0. The van der Waals surface area contributed by atoms with Crippen LogP contribution in [0.4, 0.5) is 0 Å². The molecule has 1 aliphatic rings. The fourth-order valence-electron chi connectivity index (χ4n) is 3.49. The van der Waals surface area contributed by atoms with Gasteiger partial charge in [0.15, 0.2) is 0 Å². The number of benzene rings is 1. The molecule has 2 aromatic rings. The van der Waals surface area contributed by atoms with E-state index in [9.17, 15) is 13.2 Å². The van der Waals surface area contributed by atoms with E-state index in [0.717, 1.165) is 5.56 Å². The van der Waals surface area contributed by atoms with Crippen LogP contribution in [0, 0.1) is 5.92 Å². The van der Waals surface area contributed by atoms with Crippen molar-refractivity contribution in [2.45, 2.75) is 23.1 Å². The Morgan fingerprint density at radius 1 is 1.25 bits per heavy atom. The van der Waals surface area contributed by atoms with Gasteiger partial charge < -0.3 is 10.2 Å². The highest BCUT2D eigenvalue weighted by atomic mass is 32.2. The number of carbonyl (C=O) groups is 1. The molecule has 0 bridgehead atoms. The van der Waals surface area contributed by atoms with E-state index in [1.54, 1.807) is 17.5 Å². The molecule has 0 saturated carbocycles. The van der Waals surface area contributed by atoms with Crippen molar-refractivity contribution in [2.75, 3.05) is 33.7 Å². The lowest BCUT2D eigenvalue weighted by atomic mass is 9.97. The molecule has 1 aliphatic heterocycles. The molecule has 1 fully saturated rings. The normalized spacial score (nSPS) is 19.5. The smallest absolute Gasteiger partial charge is 0.252 e. The SMILES string of the molecule is CN(C)C[C@H](NC(=O)[C@@H]1CCCN(S(=O)(=O)c2cccs2)C1)c1ccccc1. The van der Waals surface area contributed by atoms with E-state index < -0.39 is 10.0 Å². The number of amides is 1. The van der Waals surface area contributed by atoms with Crippen molar-refractivity contribution in [1.82, 2.24) is 14.5 Å². The van der Waals surface area contributed by atoms with Gasteiger partial charge in [-0.3, -0.25) is 4.79 Å². The first-order chi connectivity index (χ1) is 13.4. The van der Waals surface area contributed by atoms with E-state index in [2.05, 4.69) is 5.32 Å². The average molecular weight is 422 g/mol. The van der Waals surface area contributed by atoms with Crippen LogP contribution in [0.2, 0.25) is 0 Å². The van der Waals surface area contributed by atoms with Gasteiger partial charge in [0.25, 0.3) is 10.0 Å². The summed E-state index contributed by atoms with van der Waals surface area (Å²) in [5, 5.41) is 4.90. The second-order valence-electron chi connectivity index (χ2n) is 7.37. The van der Waals surface area contributed by atoms with Gasteiger partial charge in [-0.2, -0.15) is 4.31 Å². The van der Waals surface area contributed by atoms with E-state index in [1.807, 2.05) is 49.3 Å². The third-order valence-electron chi connectivity index (χ3n) is 4.91. The van der Waals surface area contributed by atoms with Gasteiger partial charge in [-0.15, -0.1) is 11.3 Å². The van der Waals surface area contributed by atoms with Crippen molar-refractivity contribution in [3.05, 3.63) is 53.4 Å². The van der Waals surface area contributed by atoms with E-state index in [1.165, 1.54) is 15.6 Å². The first kappa shape index (κ1) is 21.0. The van der Waals surface area contributed by atoms with Crippen LogP contribution in [0.3, 0.4) is 0 Å². The van der Waals surface area contributed by atoms with Crippen LogP contribution in [-0.4, -0.2) is 57.3 Å². The summed E-state index contributed by atoms with van der Waals surface area (Å²) in [5.74, 6) is -0.418. The van der Waals surface area contributed by atoms with Crippen molar-refractivity contribution >= 4 is 27.3 Å². The molecule has 0 aliphatic carbocycles. The Labute approximate surface area is 171 Å². The number of hydrogen-bond donors (Lipinski definition) is 1. The lowest BCUT2D eigenvalue weighted by Gasteiger charge is -2.32. The number of thiophene rings is 1. The minimum absolute atomic E-state index is 0.0817. The van der Waals surface area contributed by atoms with Gasteiger partial charge in [0.1, 0.15) is 4.21 Å². The highest BCUT2D eigenvalue weighted by Gasteiger charge is 2.34. The van der Waals surface area contributed by atoms with E-state index >= 15 is 0 Å². The van der Waals surface area contributed by atoms with Gasteiger partial charge in [0, 0.05) is 19.6 Å². The van der Waals surface area contributed by atoms with Crippen LogP contribution < -0.4 is 5.32 Å². The van der Waals surface area contributed by atoms with Crippen LogP contribution >= 0.6 is 11.3 Å². The third-order valence-corrected chi connectivity index (χ3v) is 8.15. The zero-order chi connectivity index (χ0) is 20.1. The Hall–Kier alpha value is -1.74. The molecule has 1 amide bonds. The van der Waals surface area contributed by atoms with Gasteiger partial charge in [0.2, 0.25) is 5.91 Å². The molecule has 28 heavy (non-hydrogen) atoms. The van der Waals surface area contributed by atoms with Crippen LogP contribution in [0.5, 0.6) is 0 Å². The molecular formula is C20H27N3O3S2. The predicted octanol–water partition coefficient (Wildman–Crippen LogP) is 2.57. The van der Waals surface area contributed by atoms with Crippen LogP contribution in [0.1, 0.15) is 24.4 Å². The molecule has 2 heterocycles. The zero-order valence-corrected chi connectivity index (χ0v) is 17.9. The molecule has 2 atom stereocenters. The Morgan fingerprint density at radius 2 is 2.00 bits per heavy atom. The number of carbonyl (C=O) groups excluding carboxylic acids is 1. The number of hydrogen-bond acceptors (Lipinski definition) is 5. The summed E-state index contributed by atoms with van der Waals surface area (Å²) in [6, 6.07) is 13.1. The van der Waals surface area contributed by atoms with Gasteiger partial charge in [-0.1, -0.05) is 36.4 Å². The van der Waals surface area contributed by atoms with Gasteiger partial charge in [-0.25, -0.2) is 8.42 Å². The van der Waals surface area contributed by atoms with Gasteiger partial charge >= 0.3 is 0 Å². The minimum Gasteiger partial charge on any atom is -0.348 e. The number of rotatable bonds is 7. The van der Waals surface area contributed by atoms with Gasteiger partial charge in [-0.05, 0) is 43.9 Å². The largest absolute Gasteiger partial charge is 0.348 e. The molecule has 1 aromatic carbocycles. The Kier molecular flexibility index (Phi) is 6.87. The number of nitrogens with one attached hydrogen (secondary N) is 1. The fraction of sp³-hybridized carbons (Fsp3) is 0.450. The van der Waals surface area contributed by atoms with Crippen LogP contribution in [0.15, 0.2) is 52.1 Å². The lowest BCUT2D eigenvalue weighted by molar-refractivity contribution is -0.127. The third kappa shape index (κ3) is 5.00. The summed E-state index contributed by atoms with van der Waals surface area (Å²) in [6.07, 6.45) is 1.39. The van der Waals surface area contributed by atoms with Crippen molar-refractivity contribution in [3.63, 3.8) is 0 Å². The molecule has 152 valence electrons. The van der Waals surface area contributed by atoms with Crippen LogP contribution in [0.25, 0.3) is 0 Å². The topological polar surface area (TPSA) is 69.7 Å². The van der Waals surface area contributed by atoms with Crippen LogP contribution in [-0.2, 0) is 14.8 Å².